The van der Waals surface area contributed by atoms with Crippen LogP contribution in [0.15, 0.2) is 0 Å². The first kappa shape index (κ1) is 12.8. The van der Waals surface area contributed by atoms with Gasteiger partial charge in [0.05, 0.1) is 0 Å². The molecule has 1 saturated heterocycles. The van der Waals surface area contributed by atoms with Gasteiger partial charge in [0.15, 0.2) is 0 Å². The third kappa shape index (κ3) is 2.78. The number of carboxylic acid groups (broad SMARTS) is 1. The molecule has 2 N–H and O–H groups in total. The van der Waals surface area contributed by atoms with Gasteiger partial charge < -0.3 is 5.11 Å². The van der Waals surface area contributed by atoms with Crippen molar-refractivity contribution in [2.75, 3.05) is 6.54 Å². The van der Waals surface area contributed by atoms with Crippen molar-refractivity contribution < 1.29 is 18.3 Å². The highest BCUT2D eigenvalue weighted by atomic mass is 32.2. The second kappa shape index (κ2) is 4.55. The number of aliphatic carboxylic acids is 1. The van der Waals surface area contributed by atoms with Gasteiger partial charge in [-0.2, -0.15) is 17.4 Å². The van der Waals surface area contributed by atoms with Crippen LogP contribution in [0.1, 0.15) is 32.6 Å². The molecule has 6 nitrogen and oxygen atoms in total. The molecule has 0 aromatic heterocycles. The van der Waals surface area contributed by atoms with Crippen LogP contribution in [0.3, 0.4) is 0 Å². The lowest BCUT2D eigenvalue weighted by Gasteiger charge is -2.31. The van der Waals surface area contributed by atoms with Crippen molar-refractivity contribution in [1.29, 1.82) is 0 Å². The van der Waals surface area contributed by atoms with E-state index in [9.17, 15) is 13.2 Å². The third-order valence-corrected chi connectivity index (χ3v) is 5.11. The van der Waals surface area contributed by atoms with Gasteiger partial charge in [-0.05, 0) is 31.6 Å². The van der Waals surface area contributed by atoms with Crippen molar-refractivity contribution in [3.8, 4) is 0 Å². The molecular weight excluding hydrogens is 244 g/mol. The Morgan fingerprint density at radius 3 is 2.59 bits per heavy atom. The van der Waals surface area contributed by atoms with Gasteiger partial charge in [-0.15, -0.1) is 0 Å². The van der Waals surface area contributed by atoms with Crippen LogP contribution in [0.5, 0.6) is 0 Å². The van der Waals surface area contributed by atoms with E-state index in [1.165, 1.54) is 0 Å². The Morgan fingerprint density at radius 1 is 1.41 bits per heavy atom. The van der Waals surface area contributed by atoms with Crippen molar-refractivity contribution in [2.45, 2.75) is 44.7 Å². The highest BCUT2D eigenvalue weighted by Crippen LogP contribution is 2.31. The first-order valence-corrected chi connectivity index (χ1v) is 7.38. The Bertz CT molecular complexity index is 409. The maximum atomic E-state index is 12.0. The average Bonchev–Trinajstić information content (AvgIpc) is 2.93. The minimum absolute atomic E-state index is 0.0172. The molecule has 1 heterocycles. The molecule has 0 spiro atoms. The van der Waals surface area contributed by atoms with Gasteiger partial charge in [-0.3, -0.25) is 4.79 Å². The Kier molecular flexibility index (Phi) is 3.42. The fourth-order valence-electron chi connectivity index (χ4n) is 2.18. The van der Waals surface area contributed by atoms with Crippen LogP contribution in [0.2, 0.25) is 0 Å². The summed E-state index contributed by atoms with van der Waals surface area (Å²) >= 11 is 0. The number of carbonyl (C=O) groups is 1. The van der Waals surface area contributed by atoms with Gasteiger partial charge in [-0.1, -0.05) is 6.92 Å². The van der Waals surface area contributed by atoms with E-state index in [0.29, 0.717) is 18.9 Å². The summed E-state index contributed by atoms with van der Waals surface area (Å²) in [6, 6.07) is -0.924. The summed E-state index contributed by atoms with van der Waals surface area (Å²) in [7, 11) is -3.64. The van der Waals surface area contributed by atoms with Gasteiger partial charge in [0.2, 0.25) is 0 Å². The van der Waals surface area contributed by atoms with E-state index in [-0.39, 0.29) is 6.04 Å². The second-order valence-corrected chi connectivity index (χ2v) is 6.56. The third-order valence-electron chi connectivity index (χ3n) is 3.46. The number of rotatable bonds is 4. The van der Waals surface area contributed by atoms with Crippen molar-refractivity contribution >= 4 is 16.2 Å². The second-order valence-electron chi connectivity index (χ2n) is 4.90. The van der Waals surface area contributed by atoms with E-state index in [0.717, 1.165) is 23.6 Å². The van der Waals surface area contributed by atoms with Crippen molar-refractivity contribution in [3.05, 3.63) is 0 Å². The molecule has 0 aromatic rings. The molecule has 0 amide bonds. The van der Waals surface area contributed by atoms with Gasteiger partial charge in [0.1, 0.15) is 6.04 Å². The largest absolute Gasteiger partial charge is 0.480 e. The van der Waals surface area contributed by atoms with Gasteiger partial charge in [0.25, 0.3) is 10.2 Å². The highest BCUT2D eigenvalue weighted by molar-refractivity contribution is 7.87. The van der Waals surface area contributed by atoms with Crippen molar-refractivity contribution in [3.63, 3.8) is 0 Å². The molecule has 7 heteroatoms. The molecule has 3 atom stereocenters. The number of nitrogens with one attached hydrogen (secondary N) is 1. The molecule has 98 valence electrons. The monoisotopic (exact) mass is 262 g/mol. The molecular formula is C10H18N2O4S. The maximum absolute atomic E-state index is 12.0. The van der Waals surface area contributed by atoms with E-state index in [1.807, 2.05) is 6.92 Å². The van der Waals surface area contributed by atoms with Crippen LogP contribution < -0.4 is 4.72 Å². The SMILES string of the molecule is CC1CC1NS(=O)(=O)N1CCCCC1C(=O)O. The van der Waals surface area contributed by atoms with Crippen LogP contribution in [-0.4, -0.2) is 42.4 Å². The summed E-state index contributed by atoms with van der Waals surface area (Å²) in [6.07, 6.45) is 2.73. The van der Waals surface area contributed by atoms with E-state index in [4.69, 9.17) is 5.11 Å². The zero-order valence-electron chi connectivity index (χ0n) is 9.80. The predicted molar refractivity (Wildman–Crippen MR) is 61.6 cm³/mol. The number of hydrogen-bond donors (Lipinski definition) is 2. The molecule has 2 aliphatic rings. The van der Waals surface area contributed by atoms with Gasteiger partial charge in [-0.25, -0.2) is 0 Å². The lowest BCUT2D eigenvalue weighted by Crippen LogP contribution is -2.52. The lowest BCUT2D eigenvalue weighted by molar-refractivity contribution is -0.142. The molecule has 1 aliphatic carbocycles. The minimum Gasteiger partial charge on any atom is -0.480 e. The summed E-state index contributed by atoms with van der Waals surface area (Å²) in [5.74, 6) is -0.697. The summed E-state index contributed by atoms with van der Waals surface area (Å²) in [5.41, 5.74) is 0. The molecule has 2 fully saturated rings. The van der Waals surface area contributed by atoms with Gasteiger partial charge >= 0.3 is 5.97 Å². The summed E-state index contributed by atoms with van der Waals surface area (Å²) in [4.78, 5) is 11.0. The van der Waals surface area contributed by atoms with Crippen molar-refractivity contribution in [2.24, 2.45) is 5.92 Å². The van der Waals surface area contributed by atoms with Crippen LogP contribution in [0.25, 0.3) is 0 Å². The molecule has 0 aromatic carbocycles. The number of piperidine rings is 1. The Balaban J connectivity index is 2.09. The number of nitrogens with zero attached hydrogens (tertiary/aromatic N) is 1. The van der Waals surface area contributed by atoms with Crippen LogP contribution in [0, 0.1) is 5.92 Å². The zero-order chi connectivity index (χ0) is 12.6. The molecule has 1 aliphatic heterocycles. The summed E-state index contributed by atoms with van der Waals surface area (Å²) in [5, 5.41) is 9.04. The predicted octanol–water partition coefficient (Wildman–Crippen LogP) is 0.168. The first-order valence-electron chi connectivity index (χ1n) is 5.93. The van der Waals surface area contributed by atoms with E-state index >= 15 is 0 Å². The topological polar surface area (TPSA) is 86.7 Å². The fourth-order valence-corrected chi connectivity index (χ4v) is 3.93. The summed E-state index contributed by atoms with van der Waals surface area (Å²) < 4.78 is 27.8. The number of hydrogen-bond acceptors (Lipinski definition) is 3. The molecule has 0 bridgehead atoms. The van der Waals surface area contributed by atoms with E-state index in [2.05, 4.69) is 4.72 Å². The van der Waals surface area contributed by atoms with E-state index < -0.39 is 22.2 Å². The average molecular weight is 262 g/mol. The van der Waals surface area contributed by atoms with Crippen LogP contribution in [0.4, 0.5) is 0 Å². The Labute approximate surface area is 101 Å². The molecule has 2 rings (SSSR count). The first-order chi connectivity index (χ1) is 7.92. The number of carboxylic acids is 1. The Hall–Kier alpha value is -0.660. The highest BCUT2D eigenvalue weighted by Gasteiger charge is 2.42. The van der Waals surface area contributed by atoms with Gasteiger partial charge in [0, 0.05) is 12.6 Å². The van der Waals surface area contributed by atoms with E-state index in [1.54, 1.807) is 0 Å². The summed E-state index contributed by atoms with van der Waals surface area (Å²) in [6.45, 7) is 2.27. The minimum atomic E-state index is -3.64. The van der Waals surface area contributed by atoms with Crippen molar-refractivity contribution in [1.82, 2.24) is 9.03 Å². The molecule has 0 radical (unpaired) electrons. The van der Waals surface area contributed by atoms with Crippen LogP contribution in [-0.2, 0) is 15.0 Å². The fraction of sp³-hybridized carbons (Fsp3) is 0.900. The van der Waals surface area contributed by atoms with Crippen LogP contribution >= 0.6 is 0 Å². The normalized spacial score (nSPS) is 34.5. The Morgan fingerprint density at radius 2 is 2.06 bits per heavy atom. The standard InChI is InChI=1S/C10H18N2O4S/c1-7-6-8(7)11-17(15,16)12-5-3-2-4-9(12)10(13)14/h7-9,11H,2-6H2,1H3,(H,13,14). The molecule has 17 heavy (non-hydrogen) atoms. The quantitative estimate of drug-likeness (QED) is 0.756. The zero-order valence-corrected chi connectivity index (χ0v) is 10.6. The molecule has 3 unspecified atom stereocenters. The smallest absolute Gasteiger partial charge is 0.322 e. The maximum Gasteiger partial charge on any atom is 0.322 e. The molecule has 1 saturated carbocycles. The lowest BCUT2D eigenvalue weighted by atomic mass is 10.1.